The first-order valence-electron chi connectivity index (χ1n) is 8.56. The van der Waals surface area contributed by atoms with E-state index in [1.54, 1.807) is 48.5 Å². The Labute approximate surface area is 157 Å². The fourth-order valence-corrected chi connectivity index (χ4v) is 2.68. The standard InChI is InChI=1S/C21H19NO5/c1-13-3-7-15(8-4-13)19(23)26-18-11-17(12-22)25-21(18)27-20(24)16-9-5-14(2)6-10-16/h3-10,17-18,21H,11H2,1-2H3/t17-,18-,21-/m1/s1. The van der Waals surface area contributed by atoms with E-state index in [0.29, 0.717) is 11.1 Å². The molecule has 1 heterocycles. The minimum atomic E-state index is -1.13. The van der Waals surface area contributed by atoms with Crippen molar-refractivity contribution in [3.05, 3.63) is 70.8 Å². The second-order valence-corrected chi connectivity index (χ2v) is 6.44. The Balaban J connectivity index is 1.69. The van der Waals surface area contributed by atoms with Gasteiger partial charge in [-0.25, -0.2) is 9.59 Å². The Bertz CT molecular complexity index is 799. The number of ether oxygens (including phenoxy) is 3. The first kappa shape index (κ1) is 18.6. The summed E-state index contributed by atoms with van der Waals surface area (Å²) in [6, 6.07) is 15.7. The van der Waals surface area contributed by atoms with Gasteiger partial charge in [0.1, 0.15) is 0 Å². The molecule has 0 aromatic heterocycles. The van der Waals surface area contributed by atoms with E-state index < -0.39 is 30.4 Å². The van der Waals surface area contributed by atoms with Crippen LogP contribution in [0.25, 0.3) is 0 Å². The second kappa shape index (κ2) is 8.02. The predicted molar refractivity (Wildman–Crippen MR) is 95.9 cm³/mol. The van der Waals surface area contributed by atoms with E-state index >= 15 is 0 Å². The number of nitrogens with zero attached hydrogens (tertiary/aromatic N) is 1. The molecule has 0 N–H and O–H groups in total. The molecule has 0 unspecified atom stereocenters. The highest BCUT2D eigenvalue weighted by atomic mass is 16.7. The molecule has 1 aliphatic heterocycles. The van der Waals surface area contributed by atoms with Crippen molar-refractivity contribution in [2.45, 2.75) is 38.8 Å². The number of carbonyl (C=O) groups is 2. The van der Waals surface area contributed by atoms with Crippen molar-refractivity contribution in [3.8, 4) is 6.07 Å². The molecule has 0 spiro atoms. The quantitative estimate of drug-likeness (QED) is 0.773. The molecule has 6 heteroatoms. The number of esters is 2. The van der Waals surface area contributed by atoms with Gasteiger partial charge < -0.3 is 14.2 Å². The zero-order valence-electron chi connectivity index (χ0n) is 15.0. The number of benzene rings is 2. The molecule has 6 nitrogen and oxygen atoms in total. The zero-order chi connectivity index (χ0) is 19.4. The number of rotatable bonds is 4. The molecule has 3 atom stereocenters. The third-order valence-corrected chi connectivity index (χ3v) is 4.25. The summed E-state index contributed by atoms with van der Waals surface area (Å²) in [6.07, 6.45) is -2.65. The van der Waals surface area contributed by atoms with Crippen LogP contribution >= 0.6 is 0 Å². The van der Waals surface area contributed by atoms with E-state index in [-0.39, 0.29) is 6.42 Å². The lowest BCUT2D eigenvalue weighted by molar-refractivity contribution is -0.129. The average molecular weight is 365 g/mol. The zero-order valence-corrected chi connectivity index (χ0v) is 15.0. The molecule has 0 bridgehead atoms. The first-order valence-corrected chi connectivity index (χ1v) is 8.56. The molecular weight excluding hydrogens is 346 g/mol. The molecule has 138 valence electrons. The summed E-state index contributed by atoms with van der Waals surface area (Å²) in [5, 5.41) is 9.11. The molecule has 2 aromatic rings. The van der Waals surface area contributed by atoms with Gasteiger partial charge in [-0.05, 0) is 38.1 Å². The molecule has 1 fully saturated rings. The summed E-state index contributed by atoms with van der Waals surface area (Å²) in [5.41, 5.74) is 2.76. The molecule has 1 saturated heterocycles. The van der Waals surface area contributed by atoms with Crippen molar-refractivity contribution in [1.82, 2.24) is 0 Å². The summed E-state index contributed by atoms with van der Waals surface area (Å²) in [4.78, 5) is 24.7. The summed E-state index contributed by atoms with van der Waals surface area (Å²) < 4.78 is 16.2. The van der Waals surface area contributed by atoms with E-state index in [9.17, 15) is 9.59 Å². The van der Waals surface area contributed by atoms with Crippen LogP contribution in [0.4, 0.5) is 0 Å². The molecular formula is C21H19NO5. The summed E-state index contributed by atoms with van der Waals surface area (Å²) >= 11 is 0. The minimum Gasteiger partial charge on any atom is -0.452 e. The van der Waals surface area contributed by atoms with E-state index in [0.717, 1.165) is 11.1 Å². The maximum atomic E-state index is 12.3. The maximum Gasteiger partial charge on any atom is 0.340 e. The fraction of sp³-hybridized carbons (Fsp3) is 0.286. The molecule has 1 aliphatic rings. The van der Waals surface area contributed by atoms with Crippen molar-refractivity contribution < 1.29 is 23.8 Å². The Kier molecular flexibility index (Phi) is 5.53. The van der Waals surface area contributed by atoms with Crippen molar-refractivity contribution in [3.63, 3.8) is 0 Å². The fourth-order valence-electron chi connectivity index (χ4n) is 2.68. The lowest BCUT2D eigenvalue weighted by atomic mass is 10.1. The van der Waals surface area contributed by atoms with Gasteiger partial charge in [-0.15, -0.1) is 0 Å². The van der Waals surface area contributed by atoms with Gasteiger partial charge in [-0.2, -0.15) is 5.26 Å². The number of carbonyl (C=O) groups excluding carboxylic acids is 2. The highest BCUT2D eigenvalue weighted by molar-refractivity contribution is 5.90. The Morgan fingerprint density at radius 2 is 1.41 bits per heavy atom. The monoisotopic (exact) mass is 365 g/mol. The lowest BCUT2D eigenvalue weighted by Crippen LogP contribution is -2.31. The topological polar surface area (TPSA) is 85.6 Å². The molecule has 0 aliphatic carbocycles. The first-order chi connectivity index (χ1) is 13.0. The van der Waals surface area contributed by atoms with Crippen LogP contribution in [0.2, 0.25) is 0 Å². The SMILES string of the molecule is Cc1ccc(C(=O)O[C@H]2O[C@@H](C#N)C[C@H]2OC(=O)c2ccc(C)cc2)cc1. The maximum absolute atomic E-state index is 12.3. The second-order valence-electron chi connectivity index (χ2n) is 6.44. The highest BCUT2D eigenvalue weighted by Crippen LogP contribution is 2.26. The Morgan fingerprint density at radius 1 is 0.926 bits per heavy atom. The van der Waals surface area contributed by atoms with E-state index in [1.807, 2.05) is 19.9 Å². The smallest absolute Gasteiger partial charge is 0.340 e. The van der Waals surface area contributed by atoms with Gasteiger partial charge in [0.05, 0.1) is 17.2 Å². The molecule has 0 saturated carbocycles. The number of hydrogen-bond acceptors (Lipinski definition) is 6. The molecule has 3 rings (SSSR count). The summed E-state index contributed by atoms with van der Waals surface area (Å²) in [6.45, 7) is 3.82. The van der Waals surface area contributed by atoms with Gasteiger partial charge in [0.2, 0.25) is 6.29 Å². The normalized spacial score (nSPS) is 21.3. The highest BCUT2D eigenvalue weighted by Gasteiger charge is 2.41. The predicted octanol–water partition coefficient (Wildman–Crippen LogP) is 3.32. The average Bonchev–Trinajstić information content (AvgIpc) is 3.04. The van der Waals surface area contributed by atoms with Crippen LogP contribution in [0.15, 0.2) is 48.5 Å². The van der Waals surface area contributed by atoms with Crippen LogP contribution in [-0.2, 0) is 14.2 Å². The van der Waals surface area contributed by atoms with Crippen molar-refractivity contribution >= 4 is 11.9 Å². The molecule has 0 amide bonds. The van der Waals surface area contributed by atoms with Gasteiger partial charge in [0.15, 0.2) is 12.2 Å². The number of hydrogen-bond donors (Lipinski definition) is 0. The van der Waals surface area contributed by atoms with Gasteiger partial charge in [0.25, 0.3) is 0 Å². The van der Waals surface area contributed by atoms with Crippen LogP contribution in [0.5, 0.6) is 0 Å². The van der Waals surface area contributed by atoms with Gasteiger partial charge >= 0.3 is 11.9 Å². The van der Waals surface area contributed by atoms with E-state index in [2.05, 4.69) is 0 Å². The van der Waals surface area contributed by atoms with Crippen LogP contribution in [0.3, 0.4) is 0 Å². The third kappa shape index (κ3) is 4.52. The molecule has 2 aromatic carbocycles. The summed E-state index contributed by atoms with van der Waals surface area (Å²) in [7, 11) is 0. The minimum absolute atomic E-state index is 0.139. The Hall–Kier alpha value is -3.17. The number of nitriles is 1. The molecule has 0 radical (unpaired) electrons. The number of aryl methyl sites for hydroxylation is 2. The van der Waals surface area contributed by atoms with Crippen LogP contribution < -0.4 is 0 Å². The Morgan fingerprint density at radius 3 is 1.89 bits per heavy atom. The largest absolute Gasteiger partial charge is 0.452 e. The van der Waals surface area contributed by atoms with Crippen molar-refractivity contribution in [1.29, 1.82) is 5.26 Å². The van der Waals surface area contributed by atoms with Gasteiger partial charge in [0, 0.05) is 6.42 Å². The van der Waals surface area contributed by atoms with Crippen LogP contribution in [-0.4, -0.2) is 30.4 Å². The van der Waals surface area contributed by atoms with Gasteiger partial charge in [-0.1, -0.05) is 35.4 Å². The molecule has 27 heavy (non-hydrogen) atoms. The van der Waals surface area contributed by atoms with E-state index in [1.165, 1.54) is 0 Å². The summed E-state index contributed by atoms with van der Waals surface area (Å²) in [5.74, 6) is -1.16. The van der Waals surface area contributed by atoms with Crippen molar-refractivity contribution in [2.75, 3.05) is 0 Å². The van der Waals surface area contributed by atoms with Crippen molar-refractivity contribution in [2.24, 2.45) is 0 Å². The van der Waals surface area contributed by atoms with Crippen LogP contribution in [0.1, 0.15) is 38.3 Å². The lowest BCUT2D eigenvalue weighted by Gasteiger charge is -2.19. The van der Waals surface area contributed by atoms with Gasteiger partial charge in [-0.3, -0.25) is 0 Å². The van der Waals surface area contributed by atoms with Crippen LogP contribution in [0, 0.1) is 25.2 Å². The van der Waals surface area contributed by atoms with E-state index in [4.69, 9.17) is 19.5 Å². The third-order valence-electron chi connectivity index (χ3n) is 4.25.